The first-order valence-electron chi connectivity index (χ1n) is 14.1. The first-order chi connectivity index (χ1) is 20.6. The molecule has 0 bridgehead atoms. The second-order valence-corrected chi connectivity index (χ2v) is 11.0. The molecule has 0 spiro atoms. The Labute approximate surface area is 250 Å². The van der Waals surface area contributed by atoms with Gasteiger partial charge in [-0.15, -0.1) is 0 Å². The lowest BCUT2D eigenvalue weighted by molar-refractivity contribution is -0.151. The molecule has 1 unspecified atom stereocenters. The number of nitrogens with two attached hydrogens (primary N) is 1. The van der Waals surface area contributed by atoms with Crippen molar-refractivity contribution in [3.05, 3.63) is 84.3 Å². The molecule has 3 amide bonds. The van der Waals surface area contributed by atoms with Gasteiger partial charge in [-0.2, -0.15) is 0 Å². The average Bonchev–Trinajstić information content (AvgIpc) is 3.67. The highest BCUT2D eigenvalue weighted by molar-refractivity contribution is 5.98. The fourth-order valence-electron chi connectivity index (χ4n) is 4.80. The maximum atomic E-state index is 13.9. The van der Waals surface area contributed by atoms with Crippen molar-refractivity contribution >= 4 is 29.5 Å². The van der Waals surface area contributed by atoms with Gasteiger partial charge in [0.2, 0.25) is 5.91 Å². The molecular weight excluding hydrogens is 552 g/mol. The van der Waals surface area contributed by atoms with Gasteiger partial charge in [0.1, 0.15) is 18.1 Å². The van der Waals surface area contributed by atoms with Crippen molar-refractivity contribution in [2.75, 3.05) is 25.6 Å². The number of likely N-dealkylation sites (tertiary alicyclic amines) is 1. The van der Waals surface area contributed by atoms with Crippen LogP contribution in [0.15, 0.2) is 73.2 Å². The van der Waals surface area contributed by atoms with E-state index in [1.54, 1.807) is 4.57 Å². The van der Waals surface area contributed by atoms with E-state index in [0.717, 1.165) is 5.56 Å². The first-order valence-corrected chi connectivity index (χ1v) is 14.1. The van der Waals surface area contributed by atoms with E-state index < -0.39 is 41.4 Å². The summed E-state index contributed by atoms with van der Waals surface area (Å²) in [4.78, 5) is 58.1. The number of amides is 3. The number of benzene rings is 2. The van der Waals surface area contributed by atoms with E-state index in [1.165, 1.54) is 38.4 Å². The summed E-state index contributed by atoms with van der Waals surface area (Å²) >= 11 is 0. The largest absolute Gasteiger partial charge is 0.467 e. The van der Waals surface area contributed by atoms with E-state index in [1.807, 2.05) is 60.7 Å². The quantitative estimate of drug-likeness (QED) is 0.270. The molecule has 3 aromatic rings. The number of hydrogen-bond donors (Lipinski definition) is 3. The van der Waals surface area contributed by atoms with Crippen LogP contribution in [0, 0.1) is 0 Å². The zero-order valence-corrected chi connectivity index (χ0v) is 24.6. The number of anilines is 1. The zero-order chi connectivity index (χ0) is 31.0. The van der Waals surface area contributed by atoms with Crippen LogP contribution in [0.1, 0.15) is 43.9 Å². The van der Waals surface area contributed by atoms with Gasteiger partial charge in [0.25, 0.3) is 11.8 Å². The van der Waals surface area contributed by atoms with Crippen LogP contribution in [-0.4, -0.2) is 76.0 Å². The van der Waals surface area contributed by atoms with Crippen LogP contribution in [0.2, 0.25) is 0 Å². The van der Waals surface area contributed by atoms with Gasteiger partial charge in [0, 0.05) is 12.7 Å². The molecule has 4 N–H and O–H groups in total. The smallest absolute Gasteiger partial charge is 0.328 e. The van der Waals surface area contributed by atoms with Crippen molar-refractivity contribution in [3.8, 4) is 0 Å². The molecule has 1 aliphatic rings. The minimum Gasteiger partial charge on any atom is -0.467 e. The van der Waals surface area contributed by atoms with E-state index in [9.17, 15) is 19.2 Å². The fraction of sp³-hybridized carbons (Fsp3) is 0.387. The van der Waals surface area contributed by atoms with E-state index in [0.29, 0.717) is 24.9 Å². The number of nitrogens with zero attached hydrogens (tertiary/aromatic N) is 3. The van der Waals surface area contributed by atoms with Crippen LogP contribution in [0.3, 0.4) is 0 Å². The average molecular weight is 591 g/mol. The lowest BCUT2D eigenvalue weighted by Crippen LogP contribution is -2.56. The fourth-order valence-corrected chi connectivity index (χ4v) is 4.80. The monoisotopic (exact) mass is 590 g/mol. The Morgan fingerprint density at radius 1 is 1.07 bits per heavy atom. The molecule has 1 saturated heterocycles. The summed E-state index contributed by atoms with van der Waals surface area (Å²) < 4.78 is 12.3. The van der Waals surface area contributed by atoms with E-state index >= 15 is 0 Å². The van der Waals surface area contributed by atoms with Crippen LogP contribution in [0.25, 0.3) is 0 Å². The molecule has 228 valence electrons. The molecule has 1 aromatic heterocycles. The molecule has 0 radical (unpaired) electrons. The number of rotatable bonds is 12. The zero-order valence-electron chi connectivity index (χ0n) is 24.6. The number of esters is 1. The lowest BCUT2D eigenvalue weighted by atomic mass is 10.0. The maximum Gasteiger partial charge on any atom is 0.328 e. The van der Waals surface area contributed by atoms with Crippen molar-refractivity contribution in [2.45, 2.75) is 57.0 Å². The predicted molar refractivity (Wildman–Crippen MR) is 158 cm³/mol. The molecule has 2 heterocycles. The molecule has 12 nitrogen and oxygen atoms in total. The van der Waals surface area contributed by atoms with Crippen LogP contribution in [0.5, 0.6) is 0 Å². The minimum atomic E-state index is -1.22. The molecule has 3 atom stereocenters. The predicted octanol–water partition coefficient (Wildman–Crippen LogP) is 2.01. The summed E-state index contributed by atoms with van der Waals surface area (Å²) in [5, 5.41) is 5.37. The Balaban J connectivity index is 1.53. The van der Waals surface area contributed by atoms with Gasteiger partial charge < -0.3 is 35.3 Å². The van der Waals surface area contributed by atoms with Crippen LogP contribution in [0.4, 0.5) is 5.82 Å². The third-order valence-electron chi connectivity index (χ3n) is 7.11. The maximum absolute atomic E-state index is 13.9. The van der Waals surface area contributed by atoms with E-state index in [-0.39, 0.29) is 24.9 Å². The lowest BCUT2D eigenvalue weighted by Gasteiger charge is -2.28. The minimum absolute atomic E-state index is 0.113. The summed E-state index contributed by atoms with van der Waals surface area (Å²) in [7, 11) is 1.31. The number of imidazole rings is 1. The van der Waals surface area contributed by atoms with E-state index in [2.05, 4.69) is 15.6 Å². The summed E-state index contributed by atoms with van der Waals surface area (Å²) in [6.07, 6.45) is 4.17. The Morgan fingerprint density at radius 3 is 2.40 bits per heavy atom. The highest BCUT2D eigenvalue weighted by Crippen LogP contribution is 2.28. The highest BCUT2D eigenvalue weighted by Gasteiger charge is 2.39. The molecule has 2 aromatic carbocycles. The summed E-state index contributed by atoms with van der Waals surface area (Å²) in [6, 6.07) is 16.0. The number of carbonyl (C=O) groups is 4. The number of hydrogen-bond acceptors (Lipinski definition) is 8. The number of carbonyl (C=O) groups excluding carboxylic acids is 4. The van der Waals surface area contributed by atoms with Gasteiger partial charge >= 0.3 is 5.97 Å². The first kappa shape index (κ1) is 31.4. The highest BCUT2D eigenvalue weighted by atomic mass is 16.5. The van der Waals surface area contributed by atoms with Crippen LogP contribution >= 0.6 is 0 Å². The number of ether oxygens (including phenoxy) is 2. The molecule has 0 aliphatic carbocycles. The van der Waals surface area contributed by atoms with Crippen molar-refractivity contribution in [1.82, 2.24) is 19.8 Å². The topological polar surface area (TPSA) is 158 Å². The molecule has 4 rings (SSSR count). The van der Waals surface area contributed by atoms with Crippen molar-refractivity contribution < 1.29 is 28.7 Å². The summed E-state index contributed by atoms with van der Waals surface area (Å²) in [5.41, 5.74) is 6.32. The molecule has 43 heavy (non-hydrogen) atoms. The third-order valence-corrected chi connectivity index (χ3v) is 7.11. The van der Waals surface area contributed by atoms with Crippen molar-refractivity contribution in [2.24, 2.45) is 5.73 Å². The van der Waals surface area contributed by atoms with Crippen LogP contribution in [-0.2, 0) is 35.3 Å². The Morgan fingerprint density at radius 2 is 1.74 bits per heavy atom. The molecule has 12 heteroatoms. The number of methoxy groups -OCH3 is 1. The third kappa shape index (κ3) is 8.05. The van der Waals surface area contributed by atoms with Gasteiger partial charge in [-0.3, -0.25) is 14.4 Å². The normalized spacial score (nSPS) is 16.3. The SMILES string of the molecule is COC(=O)C1CCCN1C(=O)[C@H](c1ccccc1)n1cnc(NC(=O)[C@@H](COCc2ccccc2)NC(=O)C(C)(C)N)c1. The van der Waals surface area contributed by atoms with Gasteiger partial charge in [0.05, 0.1) is 32.2 Å². The Kier molecular flexibility index (Phi) is 10.3. The molecule has 1 aliphatic heterocycles. The summed E-state index contributed by atoms with van der Waals surface area (Å²) in [5.74, 6) is -1.68. The van der Waals surface area contributed by atoms with Gasteiger partial charge in [0.15, 0.2) is 5.82 Å². The second-order valence-electron chi connectivity index (χ2n) is 11.0. The number of nitrogens with one attached hydrogen (secondary N) is 2. The molecule has 0 saturated carbocycles. The standard InChI is InChI=1S/C31H38N6O6/c1-31(2,32)30(41)34-23(19-43-18-21-11-6-4-7-12-21)27(38)35-25-17-36(20-33-25)26(22-13-8-5-9-14-22)28(39)37-16-10-15-24(37)29(40)42-3/h4-9,11-14,17,20,23-24,26H,10,15-16,18-19,32H2,1-3H3,(H,34,41)(H,35,38)/t23-,24?,26+/m1/s1. The van der Waals surface area contributed by atoms with Gasteiger partial charge in [-0.05, 0) is 37.8 Å². The van der Waals surface area contributed by atoms with Gasteiger partial charge in [-0.25, -0.2) is 9.78 Å². The molecule has 1 fully saturated rings. The van der Waals surface area contributed by atoms with Crippen molar-refractivity contribution in [1.29, 1.82) is 0 Å². The summed E-state index contributed by atoms with van der Waals surface area (Å²) in [6.45, 7) is 3.62. The van der Waals surface area contributed by atoms with Crippen LogP contribution < -0.4 is 16.4 Å². The van der Waals surface area contributed by atoms with Gasteiger partial charge in [-0.1, -0.05) is 60.7 Å². The Bertz CT molecular complexity index is 1400. The second kappa shape index (κ2) is 14.1. The number of aromatic nitrogens is 2. The van der Waals surface area contributed by atoms with Crippen molar-refractivity contribution in [3.63, 3.8) is 0 Å². The van der Waals surface area contributed by atoms with E-state index in [4.69, 9.17) is 15.2 Å². The molecular formula is C31H38N6O6. The Hall–Kier alpha value is -4.55.